The number of carbonyl (C=O) groups is 1. The van der Waals surface area contributed by atoms with E-state index < -0.39 is 34.4 Å². The summed E-state index contributed by atoms with van der Waals surface area (Å²) < 4.78 is 28.4. The zero-order valence-corrected chi connectivity index (χ0v) is 14.2. The van der Waals surface area contributed by atoms with E-state index in [1.807, 2.05) is 0 Å². The van der Waals surface area contributed by atoms with E-state index in [-0.39, 0.29) is 11.1 Å². The minimum Gasteiger partial charge on any atom is -0.503 e. The van der Waals surface area contributed by atoms with Crippen LogP contribution in [0.15, 0.2) is 48.0 Å². The van der Waals surface area contributed by atoms with Gasteiger partial charge in [-0.3, -0.25) is 9.69 Å². The minimum absolute atomic E-state index is 0.186. The highest BCUT2D eigenvalue weighted by Gasteiger charge is 2.42. The van der Waals surface area contributed by atoms with E-state index in [1.165, 1.54) is 18.2 Å². The summed E-state index contributed by atoms with van der Waals surface area (Å²) >= 11 is 6.00. The van der Waals surface area contributed by atoms with E-state index in [4.69, 9.17) is 11.6 Å². The van der Waals surface area contributed by atoms with Gasteiger partial charge in [-0.2, -0.15) is 0 Å². The van der Waals surface area contributed by atoms with Crippen LogP contribution in [0.25, 0.3) is 11.0 Å². The zero-order valence-electron chi connectivity index (χ0n) is 13.4. The molecule has 0 saturated heterocycles. The van der Waals surface area contributed by atoms with Crippen LogP contribution in [0.3, 0.4) is 0 Å². The predicted octanol–water partition coefficient (Wildman–Crippen LogP) is 4.41. The highest BCUT2D eigenvalue weighted by molar-refractivity contribution is 6.31. The van der Waals surface area contributed by atoms with Crippen LogP contribution in [0.5, 0.6) is 0 Å². The van der Waals surface area contributed by atoms with E-state index >= 15 is 0 Å². The van der Waals surface area contributed by atoms with Crippen molar-refractivity contribution in [1.29, 1.82) is 0 Å². The van der Waals surface area contributed by atoms with Crippen molar-refractivity contribution in [2.24, 2.45) is 0 Å². The number of benzene rings is 2. The summed E-state index contributed by atoms with van der Waals surface area (Å²) in [6.45, 7) is 1.48. The highest BCUT2D eigenvalue weighted by Crippen LogP contribution is 2.44. The first-order valence-electron chi connectivity index (χ1n) is 7.70. The molecule has 0 spiro atoms. The van der Waals surface area contributed by atoms with E-state index in [1.54, 1.807) is 18.2 Å². The molecule has 8 heteroatoms. The molecule has 1 atom stereocenters. The van der Waals surface area contributed by atoms with E-state index in [0.717, 1.165) is 12.1 Å². The van der Waals surface area contributed by atoms with Crippen molar-refractivity contribution < 1.29 is 18.7 Å². The van der Waals surface area contributed by atoms with Crippen LogP contribution in [-0.2, 0) is 4.79 Å². The first-order valence-corrected chi connectivity index (χ1v) is 8.07. The Kier molecular flexibility index (Phi) is 3.69. The predicted molar refractivity (Wildman–Crippen MR) is 93.0 cm³/mol. The van der Waals surface area contributed by atoms with Gasteiger partial charge in [0.25, 0.3) is 5.91 Å². The second kappa shape index (κ2) is 5.81. The van der Waals surface area contributed by atoms with Gasteiger partial charge in [-0.05, 0) is 37.3 Å². The number of carbonyl (C=O) groups excluding carboxylic acids is 1. The first-order chi connectivity index (χ1) is 12.4. The molecule has 2 aromatic carbocycles. The molecule has 2 N–H and O–H groups in total. The monoisotopic (exact) mass is 375 g/mol. The quantitative estimate of drug-likeness (QED) is 0.652. The molecule has 1 amide bonds. The Morgan fingerprint density at radius 1 is 1.23 bits per heavy atom. The minimum atomic E-state index is -1.06. The van der Waals surface area contributed by atoms with Gasteiger partial charge in [0, 0.05) is 16.8 Å². The summed E-state index contributed by atoms with van der Waals surface area (Å²) in [7, 11) is 0. The van der Waals surface area contributed by atoms with Crippen molar-refractivity contribution >= 4 is 34.2 Å². The van der Waals surface area contributed by atoms with Crippen molar-refractivity contribution in [3.8, 4) is 0 Å². The van der Waals surface area contributed by atoms with Crippen LogP contribution in [-0.4, -0.2) is 21.0 Å². The van der Waals surface area contributed by atoms with Crippen LogP contribution < -0.4 is 4.90 Å². The summed E-state index contributed by atoms with van der Waals surface area (Å²) in [6.07, 6.45) is 1.50. The van der Waals surface area contributed by atoms with Crippen molar-refractivity contribution in [1.82, 2.24) is 9.97 Å². The largest absolute Gasteiger partial charge is 0.503 e. The number of aliphatic hydroxyl groups is 1. The van der Waals surface area contributed by atoms with Crippen LogP contribution in [0.2, 0.25) is 5.02 Å². The maximum absolute atomic E-state index is 14.5. The zero-order chi connectivity index (χ0) is 18.6. The van der Waals surface area contributed by atoms with Gasteiger partial charge in [0.05, 0.1) is 28.4 Å². The topological polar surface area (TPSA) is 69.2 Å². The lowest BCUT2D eigenvalue weighted by Gasteiger charge is -2.27. The van der Waals surface area contributed by atoms with Gasteiger partial charge in [0.2, 0.25) is 0 Å². The number of H-pyrrole nitrogens is 1. The summed E-state index contributed by atoms with van der Waals surface area (Å²) in [4.78, 5) is 20.8. The van der Waals surface area contributed by atoms with E-state index in [2.05, 4.69) is 9.97 Å². The number of imidazole rings is 1. The smallest absolute Gasteiger partial charge is 0.293 e. The fourth-order valence-corrected chi connectivity index (χ4v) is 3.46. The molecule has 1 aliphatic rings. The van der Waals surface area contributed by atoms with Crippen molar-refractivity contribution in [2.75, 3.05) is 4.90 Å². The normalized spacial score (nSPS) is 17.6. The Morgan fingerprint density at radius 2 is 1.96 bits per heavy atom. The molecular formula is C18H12ClF2N3O2. The lowest BCUT2D eigenvalue weighted by Crippen LogP contribution is -2.31. The number of nitrogens with one attached hydrogen (secondary N) is 1. The Balaban J connectivity index is 1.93. The van der Waals surface area contributed by atoms with Crippen molar-refractivity contribution in [3.63, 3.8) is 0 Å². The third-order valence-corrected chi connectivity index (χ3v) is 4.88. The summed E-state index contributed by atoms with van der Waals surface area (Å²) in [5, 5.41) is 9.74. The molecule has 5 nitrogen and oxygen atoms in total. The number of amides is 1. The molecule has 2 heterocycles. The Hall–Kier alpha value is -2.93. The number of halogens is 3. The lowest BCUT2D eigenvalue weighted by atomic mass is 9.99. The molecule has 0 fully saturated rings. The highest BCUT2D eigenvalue weighted by atomic mass is 35.5. The molecule has 0 aliphatic carbocycles. The van der Waals surface area contributed by atoms with Crippen LogP contribution in [0.4, 0.5) is 14.5 Å². The molecule has 1 aromatic heterocycles. The average Bonchev–Trinajstić information content (AvgIpc) is 3.17. The second-order valence-corrected chi connectivity index (χ2v) is 6.35. The molecule has 0 bridgehead atoms. The van der Waals surface area contributed by atoms with Crippen molar-refractivity contribution in [2.45, 2.75) is 13.0 Å². The van der Waals surface area contributed by atoms with Gasteiger partial charge in [-0.15, -0.1) is 0 Å². The molecule has 0 saturated carbocycles. The Morgan fingerprint density at radius 3 is 2.73 bits per heavy atom. The van der Waals surface area contributed by atoms with Gasteiger partial charge in [0.15, 0.2) is 5.76 Å². The van der Waals surface area contributed by atoms with E-state index in [9.17, 15) is 18.7 Å². The molecule has 4 rings (SSSR count). The molecule has 26 heavy (non-hydrogen) atoms. The van der Waals surface area contributed by atoms with Gasteiger partial charge < -0.3 is 10.1 Å². The maximum atomic E-state index is 14.5. The SMILES string of the molecule is CC1=C(O)C(=O)N(c2ccc3nc[nH]c3c2)C1c1c(F)ccc(F)c1Cl. The number of hydrogen-bond donors (Lipinski definition) is 2. The average molecular weight is 376 g/mol. The fraction of sp³-hybridized carbons (Fsp3) is 0.111. The molecule has 132 valence electrons. The molecule has 0 radical (unpaired) electrons. The van der Waals surface area contributed by atoms with Crippen LogP contribution in [0.1, 0.15) is 18.5 Å². The fourth-order valence-electron chi connectivity index (χ4n) is 3.20. The van der Waals surface area contributed by atoms with Gasteiger partial charge >= 0.3 is 0 Å². The van der Waals surface area contributed by atoms with Crippen LogP contribution >= 0.6 is 11.6 Å². The number of rotatable bonds is 2. The number of aromatic amines is 1. The number of hydrogen-bond acceptors (Lipinski definition) is 3. The van der Waals surface area contributed by atoms with Crippen LogP contribution in [0, 0.1) is 11.6 Å². The Bertz CT molecular complexity index is 1090. The van der Waals surface area contributed by atoms with Gasteiger partial charge in [0.1, 0.15) is 11.6 Å². The standard InChI is InChI=1S/C18H12ClF2N3O2/c1-8-16(14-10(20)3-4-11(21)15(14)19)24(18(26)17(8)25)9-2-5-12-13(6-9)23-7-22-12/h2-7,16,25H,1H3,(H,22,23). The van der Waals surface area contributed by atoms with E-state index in [0.29, 0.717) is 16.7 Å². The summed E-state index contributed by atoms with van der Waals surface area (Å²) in [6, 6.07) is 5.73. The second-order valence-electron chi connectivity index (χ2n) is 5.97. The molecule has 3 aromatic rings. The number of fused-ring (bicyclic) bond motifs is 1. The lowest BCUT2D eigenvalue weighted by molar-refractivity contribution is -0.117. The summed E-state index contributed by atoms with van der Waals surface area (Å²) in [5.41, 5.74) is 1.71. The molecule has 1 aliphatic heterocycles. The summed E-state index contributed by atoms with van der Waals surface area (Å²) in [5.74, 6) is -2.81. The first kappa shape index (κ1) is 16.5. The number of aliphatic hydroxyl groups excluding tert-OH is 1. The third kappa shape index (κ3) is 2.28. The third-order valence-electron chi connectivity index (χ3n) is 4.50. The van der Waals surface area contributed by atoms with Crippen molar-refractivity contribution in [3.05, 3.63) is 70.2 Å². The number of anilines is 1. The molecular weight excluding hydrogens is 364 g/mol. The number of aromatic nitrogens is 2. The number of nitrogens with zero attached hydrogens (tertiary/aromatic N) is 2. The van der Waals surface area contributed by atoms with Gasteiger partial charge in [-0.1, -0.05) is 11.6 Å². The molecule has 1 unspecified atom stereocenters. The maximum Gasteiger partial charge on any atom is 0.293 e. The van der Waals surface area contributed by atoms with Gasteiger partial charge in [-0.25, -0.2) is 13.8 Å². The Labute approximate surface area is 151 Å².